The standard InChI is InChI=1S/C32H35N7O2/c1-22-19-25-21-26(32(40)33-27(25)20-23(22)2)30(31-34-35-36-39(31)14-13-24-9-5-4-6-10-24)38-17-15-37(16-18-38)28-11-7-8-12-29(28)41-3/h4-12,19-21,30H,13-18H2,1-3H3,(H,33,40). The molecule has 9 heteroatoms. The van der Waals surface area contributed by atoms with Gasteiger partial charge in [-0.1, -0.05) is 42.5 Å². The molecule has 0 bridgehead atoms. The van der Waals surface area contributed by atoms with E-state index < -0.39 is 6.04 Å². The predicted octanol–water partition coefficient (Wildman–Crippen LogP) is 4.29. The largest absolute Gasteiger partial charge is 0.495 e. The summed E-state index contributed by atoms with van der Waals surface area (Å²) in [5.74, 6) is 1.54. The number of aryl methyl sites for hydroxylation is 4. The van der Waals surface area contributed by atoms with E-state index in [1.165, 1.54) is 11.1 Å². The lowest BCUT2D eigenvalue weighted by molar-refractivity contribution is 0.199. The van der Waals surface area contributed by atoms with Gasteiger partial charge >= 0.3 is 0 Å². The van der Waals surface area contributed by atoms with Gasteiger partial charge < -0.3 is 14.6 Å². The van der Waals surface area contributed by atoms with Crippen LogP contribution >= 0.6 is 0 Å². The Morgan fingerprint density at radius 3 is 2.44 bits per heavy atom. The third kappa shape index (κ3) is 5.45. The first-order valence-electron chi connectivity index (χ1n) is 14.1. The number of aromatic nitrogens is 5. The number of anilines is 1. The Morgan fingerprint density at radius 2 is 1.66 bits per heavy atom. The molecule has 6 rings (SSSR count). The normalized spacial score (nSPS) is 14.9. The van der Waals surface area contributed by atoms with E-state index in [4.69, 9.17) is 4.74 Å². The summed E-state index contributed by atoms with van der Waals surface area (Å²) >= 11 is 0. The monoisotopic (exact) mass is 549 g/mol. The van der Waals surface area contributed by atoms with Crippen LogP contribution < -0.4 is 15.2 Å². The summed E-state index contributed by atoms with van der Waals surface area (Å²) in [4.78, 5) is 21.5. The fourth-order valence-corrected chi connectivity index (χ4v) is 5.75. The van der Waals surface area contributed by atoms with Crippen LogP contribution in [0.15, 0.2) is 77.6 Å². The third-order valence-corrected chi connectivity index (χ3v) is 8.15. The number of piperazine rings is 1. The van der Waals surface area contributed by atoms with Crippen LogP contribution in [0.4, 0.5) is 5.69 Å². The van der Waals surface area contributed by atoms with E-state index >= 15 is 0 Å². The first-order chi connectivity index (χ1) is 20.0. The summed E-state index contributed by atoms with van der Waals surface area (Å²) in [6.45, 7) is 7.81. The molecule has 3 heterocycles. The van der Waals surface area contributed by atoms with Gasteiger partial charge in [0.15, 0.2) is 5.82 Å². The molecule has 0 spiro atoms. The molecule has 3 aromatic carbocycles. The molecule has 1 N–H and O–H groups in total. The van der Waals surface area contributed by atoms with E-state index in [9.17, 15) is 4.79 Å². The molecule has 0 radical (unpaired) electrons. The van der Waals surface area contributed by atoms with Crippen LogP contribution in [0.25, 0.3) is 10.9 Å². The lowest BCUT2D eigenvalue weighted by Gasteiger charge is -2.40. The number of nitrogens with one attached hydrogen (secondary N) is 1. The SMILES string of the molecule is COc1ccccc1N1CCN(C(c2cc3cc(C)c(C)cc3[nH]c2=O)c2nnnn2CCc2ccccc2)CC1. The smallest absolute Gasteiger partial charge is 0.253 e. The number of H-pyrrole nitrogens is 1. The van der Waals surface area contributed by atoms with Gasteiger partial charge in [0.1, 0.15) is 11.8 Å². The van der Waals surface area contributed by atoms with Crippen molar-refractivity contribution in [2.24, 2.45) is 0 Å². The Hall–Kier alpha value is -4.50. The zero-order valence-corrected chi connectivity index (χ0v) is 23.7. The number of methoxy groups -OCH3 is 1. The quantitative estimate of drug-likeness (QED) is 0.309. The average molecular weight is 550 g/mol. The maximum atomic E-state index is 13.7. The summed E-state index contributed by atoms with van der Waals surface area (Å²) in [7, 11) is 1.70. The number of tetrazole rings is 1. The molecule has 1 saturated heterocycles. The van der Waals surface area contributed by atoms with Crippen LogP contribution in [0.2, 0.25) is 0 Å². The van der Waals surface area contributed by atoms with Crippen molar-refractivity contribution >= 4 is 16.6 Å². The summed E-state index contributed by atoms with van der Waals surface area (Å²) in [5, 5.41) is 14.0. The molecular formula is C32H35N7O2. The molecule has 5 aromatic rings. The number of fused-ring (bicyclic) bond motifs is 1. The minimum atomic E-state index is -0.393. The number of aromatic amines is 1. The van der Waals surface area contributed by atoms with Crippen molar-refractivity contribution in [3.8, 4) is 5.75 Å². The Balaban J connectivity index is 1.36. The van der Waals surface area contributed by atoms with Crippen LogP contribution in [0.3, 0.4) is 0 Å². The number of ether oxygens (including phenoxy) is 1. The van der Waals surface area contributed by atoms with Gasteiger partial charge in [0.2, 0.25) is 0 Å². The maximum Gasteiger partial charge on any atom is 0.253 e. The molecular weight excluding hydrogens is 514 g/mol. The Kier molecular flexibility index (Phi) is 7.52. The molecule has 0 amide bonds. The fraction of sp³-hybridized carbons (Fsp3) is 0.312. The van der Waals surface area contributed by atoms with Crippen LogP contribution in [0, 0.1) is 13.8 Å². The highest BCUT2D eigenvalue weighted by molar-refractivity contribution is 5.81. The highest BCUT2D eigenvalue weighted by Gasteiger charge is 2.33. The summed E-state index contributed by atoms with van der Waals surface area (Å²) < 4.78 is 7.48. The molecule has 41 heavy (non-hydrogen) atoms. The second-order valence-corrected chi connectivity index (χ2v) is 10.7. The van der Waals surface area contributed by atoms with Crippen LogP contribution in [0.5, 0.6) is 5.75 Å². The molecule has 1 aliphatic heterocycles. The van der Waals surface area contributed by atoms with Gasteiger partial charge in [-0.15, -0.1) is 5.10 Å². The van der Waals surface area contributed by atoms with Gasteiger partial charge in [0, 0.05) is 43.8 Å². The Morgan fingerprint density at radius 1 is 0.927 bits per heavy atom. The topological polar surface area (TPSA) is 92.2 Å². The number of rotatable bonds is 8. The molecule has 2 aromatic heterocycles. The van der Waals surface area contributed by atoms with Crippen molar-refractivity contribution in [1.29, 1.82) is 0 Å². The van der Waals surface area contributed by atoms with Gasteiger partial charge in [-0.2, -0.15) is 0 Å². The number of benzene rings is 3. The van der Waals surface area contributed by atoms with E-state index in [0.29, 0.717) is 17.9 Å². The number of pyridine rings is 1. The van der Waals surface area contributed by atoms with E-state index in [-0.39, 0.29) is 5.56 Å². The van der Waals surface area contributed by atoms with Crippen molar-refractivity contribution < 1.29 is 4.74 Å². The predicted molar refractivity (Wildman–Crippen MR) is 161 cm³/mol. The number of hydrogen-bond donors (Lipinski definition) is 1. The number of para-hydroxylation sites is 2. The lowest BCUT2D eigenvalue weighted by Crippen LogP contribution is -2.49. The first-order valence-corrected chi connectivity index (χ1v) is 14.1. The van der Waals surface area contributed by atoms with Crippen LogP contribution in [-0.4, -0.2) is 63.4 Å². The van der Waals surface area contributed by atoms with Crippen LogP contribution in [-0.2, 0) is 13.0 Å². The minimum absolute atomic E-state index is 0.115. The molecule has 1 fully saturated rings. The van der Waals surface area contributed by atoms with Gasteiger partial charge in [-0.05, 0) is 83.1 Å². The summed E-state index contributed by atoms with van der Waals surface area (Å²) in [6.07, 6.45) is 0.791. The molecule has 1 atom stereocenters. The highest BCUT2D eigenvalue weighted by Crippen LogP contribution is 2.32. The minimum Gasteiger partial charge on any atom is -0.495 e. The second kappa shape index (κ2) is 11.5. The molecule has 0 aliphatic carbocycles. The van der Waals surface area contributed by atoms with Gasteiger partial charge in [-0.25, -0.2) is 4.68 Å². The summed E-state index contributed by atoms with van der Waals surface area (Å²) in [6, 6.07) is 24.2. The van der Waals surface area contributed by atoms with Crippen molar-refractivity contribution in [2.75, 3.05) is 38.2 Å². The molecule has 1 aliphatic rings. The molecule has 0 saturated carbocycles. The van der Waals surface area contributed by atoms with Gasteiger partial charge in [0.05, 0.1) is 12.8 Å². The zero-order valence-electron chi connectivity index (χ0n) is 23.7. The van der Waals surface area contributed by atoms with Crippen molar-refractivity contribution in [2.45, 2.75) is 32.9 Å². The van der Waals surface area contributed by atoms with E-state index in [1.807, 2.05) is 53.2 Å². The van der Waals surface area contributed by atoms with E-state index in [2.05, 4.69) is 68.4 Å². The third-order valence-electron chi connectivity index (χ3n) is 8.15. The first kappa shape index (κ1) is 26.7. The molecule has 9 nitrogen and oxygen atoms in total. The maximum absolute atomic E-state index is 13.7. The van der Waals surface area contributed by atoms with E-state index in [0.717, 1.165) is 60.5 Å². The summed E-state index contributed by atoms with van der Waals surface area (Å²) in [5.41, 5.74) is 6.00. The lowest BCUT2D eigenvalue weighted by atomic mass is 10.00. The van der Waals surface area contributed by atoms with E-state index in [1.54, 1.807) is 7.11 Å². The van der Waals surface area contributed by atoms with Crippen molar-refractivity contribution in [3.05, 3.63) is 111 Å². The number of hydrogen-bond acceptors (Lipinski definition) is 7. The molecule has 210 valence electrons. The van der Waals surface area contributed by atoms with Crippen molar-refractivity contribution in [3.63, 3.8) is 0 Å². The second-order valence-electron chi connectivity index (χ2n) is 10.7. The van der Waals surface area contributed by atoms with Crippen LogP contribution in [0.1, 0.15) is 34.1 Å². The fourth-order valence-electron chi connectivity index (χ4n) is 5.75. The van der Waals surface area contributed by atoms with Gasteiger partial charge in [-0.3, -0.25) is 9.69 Å². The highest BCUT2D eigenvalue weighted by atomic mass is 16.5. The van der Waals surface area contributed by atoms with Crippen molar-refractivity contribution in [1.82, 2.24) is 30.1 Å². The Bertz CT molecular complexity index is 1700. The zero-order chi connectivity index (χ0) is 28.3. The number of nitrogens with zero attached hydrogens (tertiary/aromatic N) is 6. The Labute approximate surface area is 239 Å². The van der Waals surface area contributed by atoms with Gasteiger partial charge in [0.25, 0.3) is 5.56 Å². The molecule has 1 unspecified atom stereocenters. The average Bonchev–Trinajstić information content (AvgIpc) is 3.46.